The van der Waals surface area contributed by atoms with Gasteiger partial charge in [-0.1, -0.05) is 26.0 Å². The van der Waals surface area contributed by atoms with E-state index in [1.807, 2.05) is 39.8 Å². The molecule has 0 aliphatic rings. The van der Waals surface area contributed by atoms with Crippen molar-refractivity contribution >= 4 is 5.78 Å². The Labute approximate surface area is 120 Å². The van der Waals surface area contributed by atoms with Crippen molar-refractivity contribution in [1.29, 1.82) is 0 Å². The molecule has 2 atom stereocenters. The van der Waals surface area contributed by atoms with Crippen molar-refractivity contribution in [3.05, 3.63) is 59.2 Å². The number of Topliss-reactive ketones (excluding diaryl/α,β-unsaturated/α-hetero) is 1. The van der Waals surface area contributed by atoms with Crippen LogP contribution in [0.1, 0.15) is 47.9 Å². The van der Waals surface area contributed by atoms with Crippen LogP contribution in [0.25, 0.3) is 0 Å². The quantitative estimate of drug-likeness (QED) is 0.851. The van der Waals surface area contributed by atoms with Gasteiger partial charge in [-0.2, -0.15) is 0 Å². The van der Waals surface area contributed by atoms with E-state index in [1.54, 1.807) is 24.8 Å². The Morgan fingerprint density at radius 1 is 0.850 bits per heavy atom. The predicted octanol–water partition coefficient (Wildman–Crippen LogP) is 3.57. The van der Waals surface area contributed by atoms with Crippen LogP contribution in [0.4, 0.5) is 0 Å². The first-order valence-electron chi connectivity index (χ1n) is 6.86. The lowest BCUT2D eigenvalue weighted by atomic mass is 9.86. The van der Waals surface area contributed by atoms with Gasteiger partial charge < -0.3 is 0 Å². The second-order valence-corrected chi connectivity index (χ2v) is 5.44. The molecule has 2 rings (SSSR count). The average molecular weight is 268 g/mol. The molecule has 0 bridgehead atoms. The van der Waals surface area contributed by atoms with Gasteiger partial charge in [0.25, 0.3) is 0 Å². The monoisotopic (exact) mass is 268 g/mol. The third-order valence-corrected chi connectivity index (χ3v) is 3.65. The summed E-state index contributed by atoms with van der Waals surface area (Å²) in [6.45, 7) is 7.86. The predicted molar refractivity (Wildman–Crippen MR) is 79.8 cm³/mol. The molecule has 20 heavy (non-hydrogen) atoms. The van der Waals surface area contributed by atoms with E-state index in [9.17, 15) is 4.79 Å². The highest BCUT2D eigenvalue weighted by molar-refractivity contribution is 5.91. The number of nitrogens with zero attached hydrogens (tertiary/aromatic N) is 2. The van der Waals surface area contributed by atoms with Crippen molar-refractivity contribution in [2.45, 2.75) is 39.5 Å². The summed E-state index contributed by atoms with van der Waals surface area (Å²) in [4.78, 5) is 20.9. The normalized spacial score (nSPS) is 13.8. The van der Waals surface area contributed by atoms with Gasteiger partial charge in [0.1, 0.15) is 5.78 Å². The van der Waals surface area contributed by atoms with Crippen LogP contribution >= 0.6 is 0 Å². The van der Waals surface area contributed by atoms with E-state index in [0.717, 1.165) is 22.3 Å². The van der Waals surface area contributed by atoms with Gasteiger partial charge in [0.15, 0.2) is 0 Å². The van der Waals surface area contributed by atoms with Crippen LogP contribution in [0.3, 0.4) is 0 Å². The van der Waals surface area contributed by atoms with E-state index in [2.05, 4.69) is 9.97 Å². The molecule has 104 valence electrons. The molecule has 0 spiro atoms. The van der Waals surface area contributed by atoms with E-state index in [1.165, 1.54) is 0 Å². The summed E-state index contributed by atoms with van der Waals surface area (Å²) in [5.41, 5.74) is 4.10. The molecule has 0 aliphatic heterocycles. The number of pyridine rings is 2. The topological polar surface area (TPSA) is 42.9 Å². The zero-order chi connectivity index (χ0) is 14.7. The van der Waals surface area contributed by atoms with E-state index in [4.69, 9.17) is 0 Å². The largest absolute Gasteiger partial charge is 0.298 e. The maximum atomic E-state index is 12.6. The number of aromatic nitrogens is 2. The van der Waals surface area contributed by atoms with Crippen molar-refractivity contribution in [3.63, 3.8) is 0 Å². The van der Waals surface area contributed by atoms with Crippen LogP contribution in [0.2, 0.25) is 0 Å². The molecule has 0 aliphatic carbocycles. The molecule has 2 aromatic rings. The maximum absolute atomic E-state index is 12.6. The smallest absolute Gasteiger partial charge is 0.147 e. The Morgan fingerprint density at radius 3 is 1.60 bits per heavy atom. The van der Waals surface area contributed by atoms with Crippen molar-refractivity contribution in [3.8, 4) is 0 Å². The zero-order valence-corrected chi connectivity index (χ0v) is 12.4. The van der Waals surface area contributed by atoms with Gasteiger partial charge in [-0.25, -0.2) is 0 Å². The van der Waals surface area contributed by atoms with E-state index >= 15 is 0 Å². The highest BCUT2D eigenvalue weighted by atomic mass is 16.1. The molecule has 3 nitrogen and oxygen atoms in total. The van der Waals surface area contributed by atoms with Crippen LogP contribution in [0.5, 0.6) is 0 Å². The zero-order valence-electron chi connectivity index (χ0n) is 12.4. The Kier molecular flexibility index (Phi) is 4.28. The summed E-state index contributed by atoms with van der Waals surface area (Å²) in [6.07, 6.45) is 7.15. The fraction of sp³-hybridized carbons (Fsp3) is 0.353. The molecule has 3 heteroatoms. The van der Waals surface area contributed by atoms with E-state index < -0.39 is 0 Å². The highest BCUT2D eigenvalue weighted by Gasteiger charge is 2.23. The molecular weight excluding hydrogens is 248 g/mol. The SMILES string of the molecule is Cc1cncc(C(C)C(=O)C(C)c2cncc(C)c2)c1. The van der Waals surface area contributed by atoms with Gasteiger partial charge >= 0.3 is 0 Å². The minimum absolute atomic E-state index is 0.155. The van der Waals surface area contributed by atoms with Gasteiger partial charge in [-0.05, 0) is 36.1 Å². The number of ketones is 1. The van der Waals surface area contributed by atoms with Crippen molar-refractivity contribution in [2.75, 3.05) is 0 Å². The summed E-state index contributed by atoms with van der Waals surface area (Å²) in [7, 11) is 0. The third kappa shape index (κ3) is 3.10. The first kappa shape index (κ1) is 14.4. The van der Waals surface area contributed by atoms with Crippen LogP contribution in [-0.4, -0.2) is 15.8 Å². The number of hydrogen-bond donors (Lipinski definition) is 0. The van der Waals surface area contributed by atoms with E-state index in [-0.39, 0.29) is 17.6 Å². The summed E-state index contributed by atoms with van der Waals surface area (Å²) >= 11 is 0. The summed E-state index contributed by atoms with van der Waals surface area (Å²) < 4.78 is 0. The van der Waals surface area contributed by atoms with Gasteiger partial charge in [-0.3, -0.25) is 14.8 Å². The van der Waals surface area contributed by atoms with Gasteiger partial charge in [0.05, 0.1) is 0 Å². The number of carbonyl (C=O) groups is 1. The van der Waals surface area contributed by atoms with Gasteiger partial charge in [0, 0.05) is 36.6 Å². The van der Waals surface area contributed by atoms with Crippen LogP contribution < -0.4 is 0 Å². The minimum Gasteiger partial charge on any atom is -0.298 e. The van der Waals surface area contributed by atoms with Gasteiger partial charge in [0.2, 0.25) is 0 Å². The minimum atomic E-state index is -0.155. The Balaban J connectivity index is 2.22. The van der Waals surface area contributed by atoms with Crippen molar-refractivity contribution < 1.29 is 4.79 Å². The lowest BCUT2D eigenvalue weighted by Gasteiger charge is -2.17. The molecule has 0 saturated heterocycles. The van der Waals surface area contributed by atoms with E-state index in [0.29, 0.717) is 0 Å². The molecule has 2 unspecified atom stereocenters. The molecule has 0 radical (unpaired) electrons. The Hall–Kier alpha value is -2.03. The first-order chi connectivity index (χ1) is 9.49. The van der Waals surface area contributed by atoms with Crippen LogP contribution in [-0.2, 0) is 4.79 Å². The highest BCUT2D eigenvalue weighted by Crippen LogP contribution is 2.26. The molecular formula is C17H20N2O. The molecule has 0 N–H and O–H groups in total. The molecule has 0 saturated carbocycles. The maximum Gasteiger partial charge on any atom is 0.147 e. The molecule has 2 heterocycles. The fourth-order valence-electron chi connectivity index (χ4n) is 2.33. The standard InChI is InChI=1S/C17H20N2O/c1-11-5-15(9-18-7-11)13(3)17(20)14(4)16-6-12(2)8-19-10-16/h5-10,13-14H,1-4H3. The molecule has 0 fully saturated rings. The molecule has 2 aromatic heterocycles. The Bertz CT molecular complexity index is 568. The number of carbonyl (C=O) groups excluding carboxylic acids is 1. The van der Waals surface area contributed by atoms with Crippen LogP contribution in [0, 0.1) is 13.8 Å². The fourth-order valence-corrected chi connectivity index (χ4v) is 2.33. The number of hydrogen-bond acceptors (Lipinski definition) is 3. The lowest BCUT2D eigenvalue weighted by molar-refractivity contribution is -0.121. The van der Waals surface area contributed by atoms with Gasteiger partial charge in [-0.15, -0.1) is 0 Å². The summed E-state index contributed by atoms with van der Waals surface area (Å²) in [5.74, 6) is -0.111. The van der Waals surface area contributed by atoms with Crippen molar-refractivity contribution in [2.24, 2.45) is 0 Å². The molecule has 0 aromatic carbocycles. The average Bonchev–Trinajstić information content (AvgIpc) is 2.45. The summed E-state index contributed by atoms with van der Waals surface area (Å²) in [6, 6.07) is 4.05. The Morgan fingerprint density at radius 2 is 1.25 bits per heavy atom. The van der Waals surface area contributed by atoms with Crippen LogP contribution in [0.15, 0.2) is 36.9 Å². The molecule has 0 amide bonds. The second kappa shape index (κ2) is 5.95. The number of aryl methyl sites for hydroxylation is 2. The second-order valence-electron chi connectivity index (χ2n) is 5.44. The summed E-state index contributed by atoms with van der Waals surface area (Å²) in [5, 5.41) is 0. The lowest BCUT2D eigenvalue weighted by Crippen LogP contribution is -2.17. The first-order valence-corrected chi connectivity index (χ1v) is 6.86. The third-order valence-electron chi connectivity index (χ3n) is 3.65. The number of rotatable bonds is 4. The van der Waals surface area contributed by atoms with Crippen molar-refractivity contribution in [1.82, 2.24) is 9.97 Å².